The highest BCUT2D eigenvalue weighted by Crippen LogP contribution is 2.28. The van der Waals surface area contributed by atoms with E-state index in [1.807, 2.05) is 0 Å². The number of hydrogen-bond donors (Lipinski definition) is 3. The van der Waals surface area contributed by atoms with Gasteiger partial charge < -0.3 is 15.7 Å². The van der Waals surface area contributed by atoms with E-state index in [1.54, 1.807) is 17.2 Å². The minimum Gasteiger partial charge on any atom is -0.393 e. The van der Waals surface area contributed by atoms with E-state index in [0.717, 1.165) is 18.5 Å². The Kier molecular flexibility index (Phi) is 4.89. The van der Waals surface area contributed by atoms with Gasteiger partial charge in [-0.25, -0.2) is 14.6 Å². The molecule has 0 bridgehead atoms. The Labute approximate surface area is 148 Å². The Morgan fingerprint density at radius 2 is 2.08 bits per heavy atom. The van der Waals surface area contributed by atoms with E-state index in [1.165, 1.54) is 6.33 Å². The van der Waals surface area contributed by atoms with Gasteiger partial charge in [0, 0.05) is 11.6 Å². The molecule has 136 valence electrons. The molecule has 8 heteroatoms. The molecule has 1 aliphatic carbocycles. The molecule has 0 unspecified atom stereocenters. The van der Waals surface area contributed by atoms with Gasteiger partial charge in [0.15, 0.2) is 5.82 Å². The van der Waals surface area contributed by atoms with Crippen molar-refractivity contribution in [3.05, 3.63) is 18.9 Å². The molecule has 2 heterocycles. The zero-order valence-electron chi connectivity index (χ0n) is 15.3. The van der Waals surface area contributed by atoms with Crippen LogP contribution < -0.4 is 10.6 Å². The van der Waals surface area contributed by atoms with E-state index in [4.69, 9.17) is 0 Å². The van der Waals surface area contributed by atoms with Crippen LogP contribution in [0.1, 0.15) is 47.0 Å². The molecule has 3 rings (SSSR count). The molecule has 2 aromatic heterocycles. The molecule has 0 amide bonds. The smallest absolute Gasteiger partial charge is 0.225 e. The standard InChI is InChI=1S/C17H27N7O/c1-11-5-6-12(7-14(11)25)21-15-13(24-10-18-9-20-24)8-19-16(22-15)23-17(2,3)4/h8-12,14,25H,5-7H2,1-4H3,(H2,19,21,22,23)/t11-,12-,14-/m1/s1. The highest BCUT2D eigenvalue weighted by molar-refractivity contribution is 5.57. The highest BCUT2D eigenvalue weighted by atomic mass is 16.3. The first-order valence-electron chi connectivity index (χ1n) is 8.76. The monoisotopic (exact) mass is 345 g/mol. The number of nitrogens with one attached hydrogen (secondary N) is 2. The van der Waals surface area contributed by atoms with Crippen molar-refractivity contribution in [1.29, 1.82) is 0 Å². The third kappa shape index (κ3) is 4.45. The SMILES string of the molecule is C[C@@H]1CC[C@@H](Nc2nc(NC(C)(C)C)ncc2-n2cncn2)C[C@H]1O. The average Bonchev–Trinajstić information content (AvgIpc) is 3.04. The number of aliphatic hydroxyl groups excluding tert-OH is 1. The van der Waals surface area contributed by atoms with Gasteiger partial charge in [-0.2, -0.15) is 10.1 Å². The van der Waals surface area contributed by atoms with Crippen molar-refractivity contribution in [2.75, 3.05) is 10.6 Å². The fourth-order valence-electron chi connectivity index (χ4n) is 3.00. The largest absolute Gasteiger partial charge is 0.393 e. The summed E-state index contributed by atoms with van der Waals surface area (Å²) in [6.07, 6.45) is 7.27. The van der Waals surface area contributed by atoms with Crippen molar-refractivity contribution < 1.29 is 5.11 Å². The summed E-state index contributed by atoms with van der Waals surface area (Å²) in [7, 11) is 0. The molecule has 0 aliphatic heterocycles. The number of rotatable bonds is 4. The molecule has 1 fully saturated rings. The van der Waals surface area contributed by atoms with Gasteiger partial charge in [-0.1, -0.05) is 6.92 Å². The fraction of sp³-hybridized carbons (Fsp3) is 0.647. The van der Waals surface area contributed by atoms with E-state index in [-0.39, 0.29) is 17.7 Å². The van der Waals surface area contributed by atoms with Gasteiger partial charge in [0.05, 0.1) is 12.3 Å². The molecule has 0 spiro atoms. The molecule has 2 aromatic rings. The third-order valence-electron chi connectivity index (χ3n) is 4.42. The minimum absolute atomic E-state index is 0.136. The maximum absolute atomic E-state index is 10.2. The van der Waals surface area contributed by atoms with Gasteiger partial charge >= 0.3 is 0 Å². The molecule has 3 atom stereocenters. The van der Waals surface area contributed by atoms with E-state index < -0.39 is 0 Å². The first-order valence-corrected chi connectivity index (χ1v) is 8.76. The van der Waals surface area contributed by atoms with Crippen molar-refractivity contribution in [3.63, 3.8) is 0 Å². The first-order chi connectivity index (χ1) is 11.8. The summed E-state index contributed by atoms with van der Waals surface area (Å²) in [6, 6.07) is 0.172. The Morgan fingerprint density at radius 1 is 1.28 bits per heavy atom. The Balaban J connectivity index is 1.87. The van der Waals surface area contributed by atoms with Crippen LogP contribution in [-0.2, 0) is 0 Å². The highest BCUT2D eigenvalue weighted by Gasteiger charge is 2.27. The maximum Gasteiger partial charge on any atom is 0.225 e. The first kappa shape index (κ1) is 17.6. The second kappa shape index (κ2) is 6.95. The molecule has 1 saturated carbocycles. The summed E-state index contributed by atoms with van der Waals surface area (Å²) in [5.74, 6) is 1.60. The van der Waals surface area contributed by atoms with Crippen LogP contribution in [0.15, 0.2) is 18.9 Å². The summed E-state index contributed by atoms with van der Waals surface area (Å²) in [5, 5.41) is 21.1. The number of nitrogens with zero attached hydrogens (tertiary/aromatic N) is 5. The molecule has 25 heavy (non-hydrogen) atoms. The lowest BCUT2D eigenvalue weighted by Crippen LogP contribution is -2.35. The summed E-state index contributed by atoms with van der Waals surface area (Å²) in [6.45, 7) is 8.28. The van der Waals surface area contributed by atoms with Gasteiger partial charge in [0.2, 0.25) is 5.95 Å². The third-order valence-corrected chi connectivity index (χ3v) is 4.42. The normalized spacial score (nSPS) is 24.1. The Morgan fingerprint density at radius 3 is 2.72 bits per heavy atom. The van der Waals surface area contributed by atoms with E-state index in [9.17, 15) is 5.11 Å². The van der Waals surface area contributed by atoms with Crippen molar-refractivity contribution in [2.24, 2.45) is 5.92 Å². The molecular formula is C17H27N7O. The molecular weight excluding hydrogens is 318 g/mol. The maximum atomic E-state index is 10.2. The molecule has 0 saturated heterocycles. The van der Waals surface area contributed by atoms with Crippen LogP contribution in [0.4, 0.5) is 11.8 Å². The molecule has 8 nitrogen and oxygen atoms in total. The lowest BCUT2D eigenvalue weighted by molar-refractivity contribution is 0.0739. The lowest BCUT2D eigenvalue weighted by Gasteiger charge is -2.32. The summed E-state index contributed by atoms with van der Waals surface area (Å²) in [5.41, 5.74) is 0.604. The van der Waals surface area contributed by atoms with Crippen molar-refractivity contribution in [3.8, 4) is 5.69 Å². The van der Waals surface area contributed by atoms with Crippen molar-refractivity contribution in [2.45, 2.75) is 64.6 Å². The van der Waals surface area contributed by atoms with Gasteiger partial charge in [0.25, 0.3) is 0 Å². The Hall–Kier alpha value is -2.22. The summed E-state index contributed by atoms with van der Waals surface area (Å²) < 4.78 is 1.64. The summed E-state index contributed by atoms with van der Waals surface area (Å²) >= 11 is 0. The van der Waals surface area contributed by atoms with Crippen LogP contribution in [0, 0.1) is 5.92 Å². The molecule has 0 radical (unpaired) electrons. The van der Waals surface area contributed by atoms with Crippen LogP contribution in [-0.4, -0.2) is 47.5 Å². The van der Waals surface area contributed by atoms with E-state index in [0.29, 0.717) is 24.1 Å². The zero-order valence-corrected chi connectivity index (χ0v) is 15.3. The topological polar surface area (TPSA) is 101 Å². The lowest BCUT2D eigenvalue weighted by atomic mass is 9.85. The summed E-state index contributed by atoms with van der Waals surface area (Å²) in [4.78, 5) is 13.1. The second-order valence-electron chi connectivity index (χ2n) is 7.84. The minimum atomic E-state index is -0.282. The second-order valence-corrected chi connectivity index (χ2v) is 7.84. The van der Waals surface area contributed by atoms with Crippen LogP contribution >= 0.6 is 0 Å². The number of hydrogen-bond acceptors (Lipinski definition) is 7. The van der Waals surface area contributed by atoms with Gasteiger partial charge in [-0.05, 0) is 46.0 Å². The number of anilines is 2. The Bertz CT molecular complexity index is 696. The van der Waals surface area contributed by atoms with Gasteiger partial charge in [-0.3, -0.25) is 0 Å². The number of aliphatic hydroxyl groups is 1. The number of aromatic nitrogens is 5. The predicted octanol–water partition coefficient (Wildman–Crippen LogP) is 2.23. The van der Waals surface area contributed by atoms with Crippen molar-refractivity contribution in [1.82, 2.24) is 24.7 Å². The van der Waals surface area contributed by atoms with Crippen LogP contribution in [0.5, 0.6) is 0 Å². The van der Waals surface area contributed by atoms with E-state index >= 15 is 0 Å². The van der Waals surface area contributed by atoms with Crippen LogP contribution in [0.25, 0.3) is 5.69 Å². The van der Waals surface area contributed by atoms with E-state index in [2.05, 4.69) is 58.4 Å². The average molecular weight is 345 g/mol. The molecule has 3 N–H and O–H groups in total. The van der Waals surface area contributed by atoms with Crippen LogP contribution in [0.2, 0.25) is 0 Å². The molecule has 1 aliphatic rings. The predicted molar refractivity (Wildman–Crippen MR) is 96.8 cm³/mol. The molecule has 0 aromatic carbocycles. The zero-order chi connectivity index (χ0) is 18.0. The van der Waals surface area contributed by atoms with Gasteiger partial charge in [-0.15, -0.1) is 0 Å². The van der Waals surface area contributed by atoms with Gasteiger partial charge in [0.1, 0.15) is 18.3 Å². The van der Waals surface area contributed by atoms with Crippen molar-refractivity contribution >= 4 is 11.8 Å². The quantitative estimate of drug-likeness (QED) is 0.781. The van der Waals surface area contributed by atoms with Crippen LogP contribution in [0.3, 0.4) is 0 Å². The fourth-order valence-corrected chi connectivity index (χ4v) is 3.00.